The van der Waals surface area contributed by atoms with Gasteiger partial charge in [-0.3, -0.25) is 4.79 Å². The molecule has 5 nitrogen and oxygen atoms in total. The van der Waals surface area contributed by atoms with Gasteiger partial charge in [-0.1, -0.05) is 35.9 Å². The van der Waals surface area contributed by atoms with Crippen LogP contribution in [0.2, 0.25) is 0 Å². The van der Waals surface area contributed by atoms with Crippen molar-refractivity contribution in [1.29, 1.82) is 0 Å². The Bertz CT molecular complexity index is 1440. The van der Waals surface area contributed by atoms with Crippen LogP contribution in [-0.2, 0) is 21.8 Å². The average molecular weight is 597 g/mol. The molecule has 216 valence electrons. The summed E-state index contributed by atoms with van der Waals surface area (Å²) in [7, 11) is 0. The zero-order chi connectivity index (χ0) is 30.2. The van der Waals surface area contributed by atoms with Crippen molar-refractivity contribution in [1.82, 2.24) is 0 Å². The molecular weight excluding hydrogens is 574 g/mol. The number of halogens is 6. The summed E-state index contributed by atoms with van der Waals surface area (Å²) >= 11 is 1.18. The van der Waals surface area contributed by atoms with Gasteiger partial charge in [0.1, 0.15) is 18.6 Å². The number of ketones is 1. The second-order valence-corrected chi connectivity index (χ2v) is 10.6. The van der Waals surface area contributed by atoms with Crippen LogP contribution in [0.25, 0.3) is 0 Å². The number of esters is 2. The van der Waals surface area contributed by atoms with Crippen LogP contribution in [-0.4, -0.2) is 36.7 Å². The van der Waals surface area contributed by atoms with Crippen LogP contribution in [0.1, 0.15) is 53.3 Å². The summed E-state index contributed by atoms with van der Waals surface area (Å²) < 4.78 is 91.2. The lowest BCUT2D eigenvalue weighted by Crippen LogP contribution is -2.46. The van der Waals surface area contributed by atoms with Crippen LogP contribution in [0.15, 0.2) is 65.6 Å². The standard InChI is InChI=1S/C29H22F6O5S/c1-16-11-17(2)23-20(12-16)24(36)27(15-41-23,13-39-25(37)18-7-3-5-9-21(18)28(30,31)32)14-40-26(38)19-8-4-6-10-22(19)29(33,34)35/h3-12H,13-15H2,1-2H3. The molecule has 1 heterocycles. The molecule has 1 aliphatic rings. The zero-order valence-corrected chi connectivity index (χ0v) is 22.4. The molecular formula is C29H22F6O5S. The lowest BCUT2D eigenvalue weighted by Gasteiger charge is -2.35. The Labute approximate surface area is 234 Å². The number of alkyl halides is 6. The molecule has 0 N–H and O–H groups in total. The van der Waals surface area contributed by atoms with Gasteiger partial charge in [0, 0.05) is 16.2 Å². The van der Waals surface area contributed by atoms with Gasteiger partial charge >= 0.3 is 24.3 Å². The predicted octanol–water partition coefficient (Wildman–Crippen LogP) is 7.33. The van der Waals surface area contributed by atoms with E-state index in [1.54, 1.807) is 19.9 Å². The summed E-state index contributed by atoms with van der Waals surface area (Å²) in [4.78, 5) is 40.1. The van der Waals surface area contributed by atoms with Crippen molar-refractivity contribution in [3.63, 3.8) is 0 Å². The number of benzene rings is 3. The number of aryl methyl sites for hydroxylation is 2. The van der Waals surface area contributed by atoms with Crippen LogP contribution in [0.5, 0.6) is 0 Å². The Morgan fingerprint density at radius 2 is 1.27 bits per heavy atom. The summed E-state index contributed by atoms with van der Waals surface area (Å²) in [5.41, 5.74) is -4.12. The smallest absolute Gasteiger partial charge is 0.417 e. The SMILES string of the molecule is Cc1cc(C)c2c(c1)C(=O)C(COC(=O)c1ccccc1C(F)(F)F)(COC(=O)c1ccccc1C(F)(F)F)CS2. The van der Waals surface area contributed by atoms with Gasteiger partial charge in [0.2, 0.25) is 0 Å². The minimum Gasteiger partial charge on any atom is -0.461 e. The second kappa shape index (κ2) is 11.2. The fourth-order valence-corrected chi connectivity index (χ4v) is 5.82. The molecule has 0 aromatic heterocycles. The van der Waals surface area contributed by atoms with Crippen molar-refractivity contribution in [3.05, 3.63) is 99.6 Å². The quantitative estimate of drug-likeness (QED) is 0.219. The largest absolute Gasteiger partial charge is 0.461 e. The molecule has 3 aromatic rings. The van der Waals surface area contributed by atoms with Gasteiger partial charge < -0.3 is 9.47 Å². The van der Waals surface area contributed by atoms with Crippen molar-refractivity contribution in [2.75, 3.05) is 19.0 Å². The molecule has 0 radical (unpaired) electrons. The van der Waals surface area contributed by atoms with Gasteiger partial charge in [0.05, 0.1) is 22.3 Å². The van der Waals surface area contributed by atoms with E-state index < -0.39 is 71.0 Å². The highest BCUT2D eigenvalue weighted by atomic mass is 32.2. The highest BCUT2D eigenvalue weighted by Gasteiger charge is 2.47. The Morgan fingerprint density at radius 3 is 1.73 bits per heavy atom. The third-order valence-corrected chi connectivity index (χ3v) is 8.03. The van der Waals surface area contributed by atoms with Crippen molar-refractivity contribution in [2.24, 2.45) is 5.41 Å². The Kier molecular flexibility index (Phi) is 8.26. The first-order chi connectivity index (χ1) is 19.1. The minimum atomic E-state index is -4.86. The number of fused-ring (bicyclic) bond motifs is 1. The Balaban J connectivity index is 1.67. The Morgan fingerprint density at radius 1 is 0.805 bits per heavy atom. The van der Waals surface area contributed by atoms with Crippen molar-refractivity contribution < 1.29 is 50.2 Å². The van der Waals surface area contributed by atoms with Gasteiger partial charge in [-0.05, 0) is 49.7 Å². The monoisotopic (exact) mass is 596 g/mol. The fraction of sp³-hybridized carbons (Fsp3) is 0.276. The molecule has 3 aromatic carbocycles. The number of hydrogen-bond acceptors (Lipinski definition) is 6. The number of rotatable bonds is 6. The van der Waals surface area contributed by atoms with Crippen molar-refractivity contribution >= 4 is 29.5 Å². The summed E-state index contributed by atoms with van der Waals surface area (Å²) in [5.74, 6) is -3.47. The normalized spacial score (nSPS) is 14.8. The molecule has 1 aliphatic heterocycles. The highest BCUT2D eigenvalue weighted by Crippen LogP contribution is 2.43. The van der Waals surface area contributed by atoms with E-state index in [2.05, 4.69) is 0 Å². The first-order valence-electron chi connectivity index (χ1n) is 12.1. The van der Waals surface area contributed by atoms with Gasteiger partial charge in [-0.2, -0.15) is 26.3 Å². The molecule has 41 heavy (non-hydrogen) atoms. The average Bonchev–Trinajstić information content (AvgIpc) is 2.91. The third kappa shape index (κ3) is 6.27. The lowest BCUT2D eigenvalue weighted by molar-refractivity contribution is -0.138. The van der Waals surface area contributed by atoms with E-state index >= 15 is 0 Å². The van der Waals surface area contributed by atoms with Crippen molar-refractivity contribution in [2.45, 2.75) is 31.1 Å². The minimum absolute atomic E-state index is 0.120. The van der Waals surface area contributed by atoms with E-state index in [9.17, 15) is 40.7 Å². The van der Waals surface area contributed by atoms with Gasteiger partial charge in [0.15, 0.2) is 5.78 Å². The first kappa shape index (κ1) is 30.2. The highest BCUT2D eigenvalue weighted by molar-refractivity contribution is 7.99. The molecule has 0 bridgehead atoms. The molecule has 0 saturated carbocycles. The Hall–Kier alpha value is -3.80. The molecule has 0 unspecified atom stereocenters. The number of ether oxygens (including phenoxy) is 2. The molecule has 0 spiro atoms. The van der Waals surface area contributed by atoms with E-state index in [0.29, 0.717) is 17.0 Å². The number of carbonyl (C=O) groups is 3. The van der Waals surface area contributed by atoms with Crippen LogP contribution < -0.4 is 0 Å². The predicted molar refractivity (Wildman–Crippen MR) is 137 cm³/mol. The molecule has 4 rings (SSSR count). The number of Topliss-reactive ketones (excluding diaryl/α,β-unsaturated/α-hetero) is 1. The van der Waals surface area contributed by atoms with Crippen LogP contribution in [0.3, 0.4) is 0 Å². The summed E-state index contributed by atoms with van der Waals surface area (Å²) in [6, 6.07) is 11.3. The fourth-order valence-electron chi connectivity index (χ4n) is 4.51. The molecule has 0 fully saturated rings. The molecule has 0 saturated heterocycles. The summed E-state index contributed by atoms with van der Waals surface area (Å²) in [6.45, 7) is 1.94. The van der Waals surface area contributed by atoms with Crippen LogP contribution in [0, 0.1) is 19.3 Å². The van der Waals surface area contributed by atoms with Gasteiger partial charge in [-0.25, -0.2) is 9.59 Å². The van der Waals surface area contributed by atoms with E-state index in [1.165, 1.54) is 23.9 Å². The number of carbonyl (C=O) groups excluding carboxylic acids is 3. The van der Waals surface area contributed by atoms with E-state index in [0.717, 1.165) is 35.4 Å². The first-order valence-corrected chi connectivity index (χ1v) is 13.1. The molecule has 0 atom stereocenters. The van der Waals surface area contributed by atoms with Crippen LogP contribution >= 0.6 is 11.8 Å². The third-order valence-electron chi connectivity index (χ3n) is 6.50. The van der Waals surface area contributed by atoms with Crippen molar-refractivity contribution in [3.8, 4) is 0 Å². The molecule has 0 aliphatic carbocycles. The summed E-state index contributed by atoms with van der Waals surface area (Å²) in [5, 5.41) is 0. The second-order valence-electron chi connectivity index (χ2n) is 9.60. The molecule has 0 amide bonds. The van der Waals surface area contributed by atoms with E-state index in [4.69, 9.17) is 9.47 Å². The topological polar surface area (TPSA) is 69.7 Å². The van der Waals surface area contributed by atoms with Crippen LogP contribution in [0.4, 0.5) is 26.3 Å². The van der Waals surface area contributed by atoms with Gasteiger partial charge in [0.25, 0.3) is 0 Å². The van der Waals surface area contributed by atoms with E-state index in [-0.39, 0.29) is 11.3 Å². The zero-order valence-electron chi connectivity index (χ0n) is 21.6. The molecule has 12 heteroatoms. The number of thioether (sulfide) groups is 1. The number of hydrogen-bond donors (Lipinski definition) is 0. The lowest BCUT2D eigenvalue weighted by atomic mass is 9.82. The van der Waals surface area contributed by atoms with Gasteiger partial charge in [-0.15, -0.1) is 11.8 Å². The maximum absolute atomic E-state index is 13.8. The summed E-state index contributed by atoms with van der Waals surface area (Å²) in [6.07, 6.45) is -9.72. The maximum Gasteiger partial charge on any atom is 0.417 e. The van der Waals surface area contributed by atoms with E-state index in [1.807, 2.05) is 6.07 Å². The maximum atomic E-state index is 13.8.